The van der Waals surface area contributed by atoms with E-state index in [-0.39, 0.29) is 17.3 Å². The minimum Gasteiger partial charge on any atom is -0.409 e. The highest BCUT2D eigenvalue weighted by molar-refractivity contribution is 6.07. The van der Waals surface area contributed by atoms with E-state index < -0.39 is 5.41 Å². The summed E-state index contributed by atoms with van der Waals surface area (Å²) < 4.78 is 0. The van der Waals surface area contributed by atoms with Crippen molar-refractivity contribution in [2.45, 2.75) is 39.2 Å². The van der Waals surface area contributed by atoms with Gasteiger partial charge in [-0.15, -0.1) is 0 Å². The zero-order chi connectivity index (χ0) is 14.8. The number of hydrogen-bond acceptors (Lipinski definition) is 4. The molecule has 0 aliphatic heterocycles. The van der Waals surface area contributed by atoms with Gasteiger partial charge in [0, 0.05) is 12.1 Å². The van der Waals surface area contributed by atoms with Gasteiger partial charge in [0.15, 0.2) is 5.84 Å². The van der Waals surface area contributed by atoms with Crippen molar-refractivity contribution < 1.29 is 10.0 Å². The van der Waals surface area contributed by atoms with Gasteiger partial charge in [0.05, 0.1) is 0 Å². The third-order valence-corrected chi connectivity index (χ3v) is 4.32. The van der Waals surface area contributed by atoms with Gasteiger partial charge in [-0.3, -0.25) is 4.79 Å². The Morgan fingerprint density at radius 2 is 2.05 bits per heavy atom. The second-order valence-corrected chi connectivity index (χ2v) is 6.47. The zero-order valence-corrected chi connectivity index (χ0v) is 12.5. The minimum atomic E-state index is -0.823. The first-order valence-corrected chi connectivity index (χ1v) is 6.59. The lowest BCUT2D eigenvalue weighted by Gasteiger charge is -2.44. The average molecular weight is 270 g/mol. The van der Waals surface area contributed by atoms with Gasteiger partial charge in [0.1, 0.15) is 5.41 Å². The molecule has 0 aromatic heterocycles. The lowest BCUT2D eigenvalue weighted by molar-refractivity contribution is -0.133. The number of amidine groups is 1. The summed E-state index contributed by atoms with van der Waals surface area (Å²) in [5, 5.41) is 14.8. The van der Waals surface area contributed by atoms with Gasteiger partial charge in [-0.25, -0.2) is 0 Å². The number of carbonyl (C=O) groups is 1. The number of likely N-dealkylation sites (N-methyl/N-ethyl adjacent to an activating group) is 1. The molecule has 0 unspecified atom stereocenters. The number of oxime groups is 1. The first-order chi connectivity index (χ1) is 8.65. The van der Waals surface area contributed by atoms with Crippen LogP contribution in [0.25, 0.3) is 0 Å². The number of nitrogens with zero attached hydrogens (tertiary/aromatic N) is 2. The highest BCUT2D eigenvalue weighted by Crippen LogP contribution is 2.45. The van der Waals surface area contributed by atoms with Crippen LogP contribution in [-0.4, -0.2) is 48.0 Å². The van der Waals surface area contributed by atoms with Crippen molar-refractivity contribution in [3.63, 3.8) is 0 Å². The molecular weight excluding hydrogens is 244 g/mol. The van der Waals surface area contributed by atoms with Crippen molar-refractivity contribution in [2.24, 2.45) is 22.2 Å². The molecule has 1 saturated carbocycles. The molecule has 19 heavy (non-hydrogen) atoms. The van der Waals surface area contributed by atoms with Crippen LogP contribution in [0.2, 0.25) is 0 Å². The van der Waals surface area contributed by atoms with Gasteiger partial charge in [-0.2, -0.15) is 0 Å². The molecule has 6 nitrogen and oxygen atoms in total. The fraction of sp³-hybridized carbons (Fsp3) is 0.846. The van der Waals surface area contributed by atoms with Crippen molar-refractivity contribution in [2.75, 3.05) is 20.6 Å². The summed E-state index contributed by atoms with van der Waals surface area (Å²) in [5.41, 5.74) is 4.74. The van der Waals surface area contributed by atoms with E-state index in [2.05, 4.69) is 17.4 Å². The van der Waals surface area contributed by atoms with E-state index in [1.165, 1.54) is 0 Å². The van der Waals surface area contributed by atoms with E-state index >= 15 is 0 Å². The Balaban J connectivity index is 2.71. The number of rotatable bonds is 5. The Morgan fingerprint density at radius 3 is 2.42 bits per heavy atom. The molecular formula is C13H26N4O2. The van der Waals surface area contributed by atoms with Crippen LogP contribution in [0.5, 0.6) is 0 Å². The van der Waals surface area contributed by atoms with Crippen LogP contribution in [0.3, 0.4) is 0 Å². The van der Waals surface area contributed by atoms with E-state index in [9.17, 15) is 4.79 Å². The topological polar surface area (TPSA) is 91.0 Å². The van der Waals surface area contributed by atoms with Crippen LogP contribution >= 0.6 is 0 Å². The normalized spacial score (nSPS) is 28.1. The lowest BCUT2D eigenvalue weighted by atomic mass is 9.61. The second-order valence-electron chi connectivity index (χ2n) is 6.47. The van der Waals surface area contributed by atoms with Gasteiger partial charge in [-0.1, -0.05) is 12.1 Å². The van der Waals surface area contributed by atoms with E-state index in [0.29, 0.717) is 25.3 Å². The number of nitrogens with one attached hydrogen (secondary N) is 1. The molecule has 0 heterocycles. The number of hydrogen-bond donors (Lipinski definition) is 3. The standard InChI is InChI=1S/C13H26N4O2/c1-9-6-13(7-9,10(14)16-19)11(18)15-8-12(2,3)17(4)5/h9,19H,6-8H2,1-5H3,(H2,14,16)(H,15,18). The van der Waals surface area contributed by atoms with Crippen LogP contribution in [0, 0.1) is 11.3 Å². The molecule has 1 aliphatic rings. The monoisotopic (exact) mass is 270 g/mol. The third-order valence-electron chi connectivity index (χ3n) is 4.32. The maximum Gasteiger partial charge on any atom is 0.234 e. The molecule has 110 valence electrons. The van der Waals surface area contributed by atoms with Crippen LogP contribution in [0.4, 0.5) is 0 Å². The predicted octanol–water partition coefficient (Wildman–Crippen LogP) is 0.606. The quantitative estimate of drug-likeness (QED) is 0.295. The molecule has 1 amide bonds. The van der Waals surface area contributed by atoms with Gasteiger partial charge in [0.25, 0.3) is 0 Å². The van der Waals surface area contributed by atoms with Crippen LogP contribution < -0.4 is 11.1 Å². The fourth-order valence-corrected chi connectivity index (χ4v) is 2.36. The van der Waals surface area contributed by atoms with E-state index in [1.54, 1.807) is 0 Å². The van der Waals surface area contributed by atoms with E-state index in [1.807, 2.05) is 32.8 Å². The van der Waals surface area contributed by atoms with Crippen molar-refractivity contribution in [3.8, 4) is 0 Å². The molecule has 1 fully saturated rings. The zero-order valence-electron chi connectivity index (χ0n) is 12.5. The largest absolute Gasteiger partial charge is 0.409 e. The molecule has 0 aromatic carbocycles. The molecule has 0 bridgehead atoms. The van der Waals surface area contributed by atoms with Gasteiger partial charge >= 0.3 is 0 Å². The van der Waals surface area contributed by atoms with E-state index in [4.69, 9.17) is 10.9 Å². The lowest BCUT2D eigenvalue weighted by Crippen LogP contribution is -2.59. The van der Waals surface area contributed by atoms with Crippen molar-refractivity contribution >= 4 is 11.7 Å². The Labute approximate surface area is 115 Å². The minimum absolute atomic E-state index is 0.0192. The molecule has 4 N–H and O–H groups in total. The van der Waals surface area contributed by atoms with Crippen LogP contribution in [0.1, 0.15) is 33.6 Å². The highest BCUT2D eigenvalue weighted by atomic mass is 16.4. The molecule has 1 rings (SSSR count). The van der Waals surface area contributed by atoms with Crippen LogP contribution in [-0.2, 0) is 4.79 Å². The van der Waals surface area contributed by atoms with Gasteiger partial charge < -0.3 is 21.2 Å². The molecule has 0 atom stereocenters. The molecule has 1 aliphatic carbocycles. The predicted molar refractivity (Wildman–Crippen MR) is 75.0 cm³/mol. The maximum atomic E-state index is 12.4. The highest BCUT2D eigenvalue weighted by Gasteiger charge is 2.52. The van der Waals surface area contributed by atoms with Crippen LogP contribution in [0.15, 0.2) is 5.16 Å². The van der Waals surface area contributed by atoms with Crippen molar-refractivity contribution in [1.29, 1.82) is 0 Å². The molecule has 0 spiro atoms. The molecule has 0 saturated heterocycles. The van der Waals surface area contributed by atoms with E-state index in [0.717, 1.165) is 0 Å². The van der Waals surface area contributed by atoms with Gasteiger partial charge in [0.2, 0.25) is 5.91 Å². The average Bonchev–Trinajstić information content (AvgIpc) is 2.30. The summed E-state index contributed by atoms with van der Waals surface area (Å²) in [4.78, 5) is 14.4. The second kappa shape index (κ2) is 5.36. The third kappa shape index (κ3) is 3.00. The summed E-state index contributed by atoms with van der Waals surface area (Å²) >= 11 is 0. The summed E-state index contributed by atoms with van der Waals surface area (Å²) in [6.45, 7) is 6.67. The fourth-order valence-electron chi connectivity index (χ4n) is 2.36. The summed E-state index contributed by atoms with van der Waals surface area (Å²) in [7, 11) is 3.94. The number of amides is 1. The van der Waals surface area contributed by atoms with Crippen molar-refractivity contribution in [3.05, 3.63) is 0 Å². The van der Waals surface area contributed by atoms with Gasteiger partial charge in [-0.05, 0) is 46.7 Å². The summed E-state index contributed by atoms with van der Waals surface area (Å²) in [5.74, 6) is 0.300. The molecule has 0 aromatic rings. The molecule has 0 radical (unpaired) electrons. The Hall–Kier alpha value is -1.30. The Kier molecular flexibility index (Phi) is 4.45. The van der Waals surface area contributed by atoms with Crippen molar-refractivity contribution in [1.82, 2.24) is 10.2 Å². The summed E-state index contributed by atoms with van der Waals surface area (Å²) in [6, 6.07) is 0. The number of nitrogens with two attached hydrogens (primary N) is 1. The first-order valence-electron chi connectivity index (χ1n) is 6.59. The Morgan fingerprint density at radius 1 is 1.53 bits per heavy atom. The molecule has 6 heteroatoms. The smallest absolute Gasteiger partial charge is 0.234 e. The Bertz CT molecular complexity index is 371. The summed E-state index contributed by atoms with van der Waals surface area (Å²) in [6.07, 6.45) is 1.27. The maximum absolute atomic E-state index is 12.4. The SMILES string of the molecule is CC1CC(C(=O)NCC(C)(C)N(C)C)(C(N)=NO)C1. The number of carbonyl (C=O) groups excluding carboxylic acids is 1. The first kappa shape index (κ1) is 15.8.